The number of allylic oxidation sites excluding steroid dienone is 2. The summed E-state index contributed by atoms with van der Waals surface area (Å²) < 4.78 is 0. The Morgan fingerprint density at radius 2 is 1.89 bits per heavy atom. The van der Waals surface area contributed by atoms with E-state index in [1.807, 2.05) is 6.92 Å². The summed E-state index contributed by atoms with van der Waals surface area (Å²) >= 11 is 0. The number of carboxylic acid groups (broad SMARTS) is 1. The second-order valence-electron chi connectivity index (χ2n) is 4.45. The summed E-state index contributed by atoms with van der Waals surface area (Å²) in [6.07, 6.45) is 2.34. The first-order chi connectivity index (χ1) is 8.88. The summed E-state index contributed by atoms with van der Waals surface area (Å²) in [4.78, 5) is 22.4. The van der Waals surface area contributed by atoms with Gasteiger partial charge in [0.1, 0.15) is 0 Å². The van der Waals surface area contributed by atoms with Gasteiger partial charge in [0, 0.05) is 12.0 Å². The monoisotopic (exact) mass is 266 g/mol. The van der Waals surface area contributed by atoms with E-state index < -0.39 is 23.8 Å². The van der Waals surface area contributed by atoms with E-state index in [1.54, 1.807) is 6.08 Å². The SMILES string of the molecule is C=C(O)[C@@H]1C(C(=O)CCC(=O)O)=CC=C(CC)[C@H]1O. The fraction of sp³-hybridized carbons (Fsp3) is 0.429. The van der Waals surface area contributed by atoms with Crippen molar-refractivity contribution in [1.29, 1.82) is 0 Å². The Balaban J connectivity index is 2.98. The first-order valence-electron chi connectivity index (χ1n) is 6.10. The molecule has 0 fully saturated rings. The zero-order chi connectivity index (χ0) is 14.6. The molecule has 0 heterocycles. The van der Waals surface area contributed by atoms with Gasteiger partial charge in [0.25, 0.3) is 0 Å². The van der Waals surface area contributed by atoms with Crippen LogP contribution in [0, 0.1) is 5.92 Å². The Kier molecular flexibility index (Phi) is 5.06. The summed E-state index contributed by atoms with van der Waals surface area (Å²) in [6, 6.07) is 0. The third-order valence-electron chi connectivity index (χ3n) is 3.16. The van der Waals surface area contributed by atoms with Crippen molar-refractivity contribution in [3.8, 4) is 0 Å². The third kappa shape index (κ3) is 3.54. The third-order valence-corrected chi connectivity index (χ3v) is 3.16. The van der Waals surface area contributed by atoms with Crippen molar-refractivity contribution in [2.75, 3.05) is 0 Å². The second kappa shape index (κ2) is 6.33. The van der Waals surface area contributed by atoms with Crippen LogP contribution in [0.5, 0.6) is 0 Å². The lowest BCUT2D eigenvalue weighted by Gasteiger charge is -2.28. The van der Waals surface area contributed by atoms with E-state index in [2.05, 4.69) is 6.58 Å². The minimum Gasteiger partial charge on any atom is -0.512 e. The van der Waals surface area contributed by atoms with E-state index in [1.165, 1.54) is 6.08 Å². The standard InChI is InChI=1S/C14H18O5/c1-3-9-4-5-10(11(16)6-7-12(17)18)13(8(2)15)14(9)19/h4-5,13-15,19H,2-3,6-7H2,1H3,(H,17,18)/t13-,14-/m1/s1. The molecule has 0 bridgehead atoms. The molecule has 0 aromatic heterocycles. The van der Waals surface area contributed by atoms with Gasteiger partial charge in [0.2, 0.25) is 0 Å². The van der Waals surface area contributed by atoms with Gasteiger partial charge < -0.3 is 15.3 Å². The molecule has 0 spiro atoms. The number of aliphatic hydroxyl groups is 2. The molecule has 0 saturated heterocycles. The van der Waals surface area contributed by atoms with Crippen LogP contribution < -0.4 is 0 Å². The highest BCUT2D eigenvalue weighted by atomic mass is 16.4. The molecule has 0 unspecified atom stereocenters. The van der Waals surface area contributed by atoms with E-state index in [4.69, 9.17) is 5.11 Å². The normalized spacial score (nSPS) is 22.4. The minimum absolute atomic E-state index is 0.160. The molecule has 1 aliphatic carbocycles. The van der Waals surface area contributed by atoms with E-state index in [-0.39, 0.29) is 24.2 Å². The molecule has 0 amide bonds. The maximum atomic E-state index is 11.9. The Hall–Kier alpha value is -1.88. The molecule has 104 valence electrons. The summed E-state index contributed by atoms with van der Waals surface area (Å²) in [7, 11) is 0. The van der Waals surface area contributed by atoms with Crippen molar-refractivity contribution in [3.63, 3.8) is 0 Å². The molecule has 3 N–H and O–H groups in total. The van der Waals surface area contributed by atoms with Crippen LogP contribution >= 0.6 is 0 Å². The number of ketones is 1. The number of carbonyl (C=O) groups excluding carboxylic acids is 1. The number of rotatable bonds is 6. The van der Waals surface area contributed by atoms with Crippen molar-refractivity contribution < 1.29 is 24.9 Å². The van der Waals surface area contributed by atoms with Crippen LogP contribution in [-0.4, -0.2) is 33.2 Å². The number of hydrogen-bond donors (Lipinski definition) is 3. The Morgan fingerprint density at radius 1 is 1.26 bits per heavy atom. The van der Waals surface area contributed by atoms with Crippen LogP contribution in [0.1, 0.15) is 26.2 Å². The summed E-state index contributed by atoms with van der Waals surface area (Å²) in [5, 5.41) is 28.2. The van der Waals surface area contributed by atoms with Crippen molar-refractivity contribution in [2.45, 2.75) is 32.3 Å². The molecule has 0 aliphatic heterocycles. The van der Waals surface area contributed by atoms with Crippen LogP contribution in [0.2, 0.25) is 0 Å². The predicted molar refractivity (Wildman–Crippen MR) is 69.6 cm³/mol. The first-order valence-corrected chi connectivity index (χ1v) is 6.10. The smallest absolute Gasteiger partial charge is 0.303 e. The van der Waals surface area contributed by atoms with E-state index in [0.29, 0.717) is 12.0 Å². The lowest BCUT2D eigenvalue weighted by molar-refractivity contribution is -0.138. The average Bonchev–Trinajstić information content (AvgIpc) is 2.34. The highest BCUT2D eigenvalue weighted by Crippen LogP contribution is 2.32. The molecular formula is C14H18O5. The maximum absolute atomic E-state index is 11.9. The van der Waals surface area contributed by atoms with Gasteiger partial charge in [-0.25, -0.2) is 0 Å². The Labute approximate surface area is 111 Å². The molecule has 1 aliphatic rings. The Bertz CT molecular complexity index is 458. The molecule has 0 radical (unpaired) electrons. The highest BCUT2D eigenvalue weighted by molar-refractivity contribution is 5.98. The fourth-order valence-electron chi connectivity index (χ4n) is 2.10. The van der Waals surface area contributed by atoms with Crippen molar-refractivity contribution in [2.24, 2.45) is 5.92 Å². The number of aliphatic hydroxyl groups excluding tert-OH is 2. The first kappa shape index (κ1) is 15.2. The van der Waals surface area contributed by atoms with Gasteiger partial charge >= 0.3 is 5.97 Å². The lowest BCUT2D eigenvalue weighted by atomic mass is 9.80. The number of Topliss-reactive ketones (excluding diaryl/α,β-unsaturated/α-hetero) is 1. The molecule has 5 nitrogen and oxygen atoms in total. The summed E-state index contributed by atoms with van der Waals surface area (Å²) in [6.45, 7) is 5.24. The van der Waals surface area contributed by atoms with Crippen molar-refractivity contribution >= 4 is 11.8 Å². The average molecular weight is 266 g/mol. The molecule has 5 heteroatoms. The van der Waals surface area contributed by atoms with Gasteiger partial charge in [0.15, 0.2) is 5.78 Å². The zero-order valence-corrected chi connectivity index (χ0v) is 10.8. The predicted octanol–water partition coefficient (Wildman–Crippen LogP) is 1.75. The number of hydrogen-bond acceptors (Lipinski definition) is 4. The molecule has 0 aromatic rings. The van der Waals surface area contributed by atoms with Crippen LogP contribution in [0.4, 0.5) is 0 Å². The number of aliphatic carboxylic acids is 1. The minimum atomic E-state index is -1.06. The van der Waals surface area contributed by atoms with Gasteiger partial charge in [-0.05, 0) is 12.0 Å². The molecule has 19 heavy (non-hydrogen) atoms. The summed E-state index contributed by atoms with van der Waals surface area (Å²) in [5.41, 5.74) is 0.911. The Morgan fingerprint density at radius 3 is 2.37 bits per heavy atom. The second-order valence-corrected chi connectivity index (χ2v) is 4.45. The van der Waals surface area contributed by atoms with Crippen LogP contribution in [0.3, 0.4) is 0 Å². The summed E-state index contributed by atoms with van der Waals surface area (Å²) in [5.74, 6) is -2.62. The quantitative estimate of drug-likeness (QED) is 0.636. The van der Waals surface area contributed by atoms with E-state index >= 15 is 0 Å². The van der Waals surface area contributed by atoms with Crippen LogP contribution in [-0.2, 0) is 9.59 Å². The highest BCUT2D eigenvalue weighted by Gasteiger charge is 2.33. The van der Waals surface area contributed by atoms with Gasteiger partial charge in [-0.15, -0.1) is 0 Å². The van der Waals surface area contributed by atoms with E-state index in [0.717, 1.165) is 0 Å². The number of carboxylic acids is 1. The number of carbonyl (C=O) groups is 2. The topological polar surface area (TPSA) is 94.8 Å². The van der Waals surface area contributed by atoms with Crippen LogP contribution in [0.15, 0.2) is 35.6 Å². The fourth-order valence-corrected chi connectivity index (χ4v) is 2.10. The van der Waals surface area contributed by atoms with Gasteiger partial charge in [-0.3, -0.25) is 9.59 Å². The van der Waals surface area contributed by atoms with Gasteiger partial charge in [-0.1, -0.05) is 25.7 Å². The molecule has 2 atom stereocenters. The van der Waals surface area contributed by atoms with Gasteiger partial charge in [-0.2, -0.15) is 0 Å². The van der Waals surface area contributed by atoms with Crippen molar-refractivity contribution in [3.05, 3.63) is 35.6 Å². The maximum Gasteiger partial charge on any atom is 0.303 e. The van der Waals surface area contributed by atoms with Gasteiger partial charge in [0.05, 0.1) is 24.2 Å². The lowest BCUT2D eigenvalue weighted by Crippen LogP contribution is -2.31. The molecule has 0 aromatic carbocycles. The van der Waals surface area contributed by atoms with Crippen LogP contribution in [0.25, 0.3) is 0 Å². The van der Waals surface area contributed by atoms with Crippen molar-refractivity contribution in [1.82, 2.24) is 0 Å². The zero-order valence-electron chi connectivity index (χ0n) is 10.8. The molecule has 1 rings (SSSR count). The largest absolute Gasteiger partial charge is 0.512 e. The molecule has 0 saturated carbocycles. The van der Waals surface area contributed by atoms with E-state index in [9.17, 15) is 19.8 Å². The molecular weight excluding hydrogens is 248 g/mol.